The van der Waals surface area contributed by atoms with Crippen LogP contribution in [0.1, 0.15) is 6.42 Å². The molecule has 0 saturated heterocycles. The molecule has 8 nitrogen and oxygen atoms in total. The molecule has 20 heavy (non-hydrogen) atoms. The minimum atomic E-state index is -2.36. The second-order valence-corrected chi connectivity index (χ2v) is 5.12. The van der Waals surface area contributed by atoms with Crippen molar-refractivity contribution >= 4 is 20.0 Å². The first-order valence-corrected chi connectivity index (χ1v) is 7.32. The summed E-state index contributed by atoms with van der Waals surface area (Å²) in [5.74, 6) is 0. The number of H-pyrrole nitrogens is 1. The summed E-state index contributed by atoms with van der Waals surface area (Å²) in [4.78, 5) is 33.7. The highest BCUT2D eigenvalue weighted by molar-refractivity contribution is 7.39. The number of aromatic nitrogens is 1. The lowest BCUT2D eigenvalue weighted by Crippen LogP contribution is -2.29. The van der Waals surface area contributed by atoms with E-state index in [4.69, 9.17) is 19.0 Å². The molecule has 0 saturated carbocycles. The number of nitrogens with one attached hydrogen (secondary N) is 2. The Labute approximate surface area is 117 Å². The molecule has 1 aromatic heterocycles. The van der Waals surface area contributed by atoms with Crippen LogP contribution in [0.4, 0.5) is 11.4 Å². The van der Waals surface area contributed by atoms with Crippen LogP contribution in [0, 0.1) is 0 Å². The molecule has 112 valence electrons. The second-order valence-electron chi connectivity index (χ2n) is 4.36. The number of pyridine rings is 1. The van der Waals surface area contributed by atoms with Gasteiger partial charge in [-0.1, -0.05) is 0 Å². The van der Waals surface area contributed by atoms with Crippen LogP contribution < -0.4 is 15.8 Å². The van der Waals surface area contributed by atoms with Gasteiger partial charge < -0.3 is 34.2 Å². The third-order valence-electron chi connectivity index (χ3n) is 3.16. The SMILES string of the molecule is COC(CCN1CNc2c1cc[nH]c2=O)COP(O)O. The van der Waals surface area contributed by atoms with Crippen LogP contribution in [0.25, 0.3) is 0 Å². The normalized spacial score (nSPS) is 15.3. The summed E-state index contributed by atoms with van der Waals surface area (Å²) in [6, 6.07) is 1.84. The van der Waals surface area contributed by atoms with Crippen molar-refractivity contribution in [3.63, 3.8) is 0 Å². The number of hydrogen-bond acceptors (Lipinski definition) is 7. The predicted molar refractivity (Wildman–Crippen MR) is 75.6 cm³/mol. The molecule has 1 aliphatic rings. The summed E-state index contributed by atoms with van der Waals surface area (Å²) in [6.07, 6.45) is 2.03. The van der Waals surface area contributed by atoms with Crippen LogP contribution in [-0.2, 0) is 9.26 Å². The van der Waals surface area contributed by atoms with E-state index in [2.05, 4.69) is 10.3 Å². The van der Waals surface area contributed by atoms with E-state index in [1.807, 2.05) is 11.0 Å². The third kappa shape index (κ3) is 3.68. The van der Waals surface area contributed by atoms with Gasteiger partial charge in [-0.15, -0.1) is 0 Å². The highest BCUT2D eigenvalue weighted by atomic mass is 31.2. The molecular formula is C11H18N3O5P. The Hall–Kier alpha value is -1.18. The number of nitrogens with zero attached hydrogens (tertiary/aromatic N) is 1. The molecule has 0 amide bonds. The molecule has 0 aromatic carbocycles. The van der Waals surface area contributed by atoms with Crippen molar-refractivity contribution in [3.8, 4) is 0 Å². The maximum Gasteiger partial charge on any atom is 0.327 e. The van der Waals surface area contributed by atoms with E-state index in [-0.39, 0.29) is 18.3 Å². The minimum absolute atomic E-state index is 0.124. The summed E-state index contributed by atoms with van der Waals surface area (Å²) in [7, 11) is -0.810. The number of anilines is 2. The van der Waals surface area contributed by atoms with Crippen molar-refractivity contribution in [1.29, 1.82) is 0 Å². The van der Waals surface area contributed by atoms with Crippen LogP contribution in [-0.4, -0.2) is 47.8 Å². The molecule has 1 aliphatic heterocycles. The Bertz CT molecular complexity index is 495. The van der Waals surface area contributed by atoms with Crippen LogP contribution >= 0.6 is 8.60 Å². The Morgan fingerprint density at radius 2 is 2.35 bits per heavy atom. The smallest absolute Gasteiger partial charge is 0.327 e. The van der Waals surface area contributed by atoms with Gasteiger partial charge in [0.2, 0.25) is 0 Å². The number of aromatic amines is 1. The molecule has 0 aliphatic carbocycles. The van der Waals surface area contributed by atoms with Gasteiger partial charge in [-0.25, -0.2) is 0 Å². The first kappa shape index (κ1) is 15.2. The van der Waals surface area contributed by atoms with E-state index in [9.17, 15) is 4.79 Å². The molecule has 1 unspecified atom stereocenters. The minimum Gasteiger partial charge on any atom is -0.379 e. The first-order chi connectivity index (χ1) is 9.61. The van der Waals surface area contributed by atoms with Gasteiger partial charge in [0.1, 0.15) is 5.69 Å². The standard InChI is InChI=1S/C11H18N3O5P/c1-18-8(6-19-20(16)17)3-5-14-7-13-10-9(14)2-4-12-11(10)15/h2,4,8,13,16-17H,3,5-7H2,1H3,(H,12,15). The number of hydrogen-bond donors (Lipinski definition) is 4. The van der Waals surface area contributed by atoms with E-state index >= 15 is 0 Å². The molecule has 0 spiro atoms. The quantitative estimate of drug-likeness (QED) is 0.533. The fraction of sp³-hybridized carbons (Fsp3) is 0.545. The summed E-state index contributed by atoms with van der Waals surface area (Å²) < 4.78 is 9.98. The van der Waals surface area contributed by atoms with Crippen LogP contribution in [0.3, 0.4) is 0 Å². The largest absolute Gasteiger partial charge is 0.379 e. The topological polar surface area (TPSA) is 107 Å². The summed E-state index contributed by atoms with van der Waals surface area (Å²) in [6.45, 7) is 1.35. The Kier molecular flexibility index (Phi) is 5.33. The summed E-state index contributed by atoms with van der Waals surface area (Å²) in [5, 5.41) is 3.04. The molecule has 0 radical (unpaired) electrons. The van der Waals surface area contributed by atoms with Gasteiger partial charge in [-0.2, -0.15) is 0 Å². The van der Waals surface area contributed by atoms with Crippen molar-refractivity contribution in [3.05, 3.63) is 22.6 Å². The van der Waals surface area contributed by atoms with Crippen molar-refractivity contribution in [1.82, 2.24) is 4.98 Å². The van der Waals surface area contributed by atoms with Crippen molar-refractivity contribution in [2.24, 2.45) is 0 Å². The monoisotopic (exact) mass is 303 g/mol. The molecule has 2 heterocycles. The van der Waals surface area contributed by atoms with Crippen LogP contribution in [0.15, 0.2) is 17.1 Å². The number of rotatable bonds is 7. The van der Waals surface area contributed by atoms with E-state index in [1.165, 1.54) is 0 Å². The van der Waals surface area contributed by atoms with Gasteiger partial charge in [0.05, 0.1) is 25.1 Å². The van der Waals surface area contributed by atoms with E-state index in [0.717, 1.165) is 5.69 Å². The molecule has 2 rings (SSSR count). The fourth-order valence-corrected chi connectivity index (χ4v) is 2.38. The lowest BCUT2D eigenvalue weighted by molar-refractivity contribution is 0.0490. The number of fused-ring (bicyclic) bond motifs is 1. The van der Waals surface area contributed by atoms with Gasteiger partial charge in [0.15, 0.2) is 0 Å². The van der Waals surface area contributed by atoms with Gasteiger partial charge in [0.25, 0.3) is 5.56 Å². The molecule has 4 N–H and O–H groups in total. The molecular weight excluding hydrogens is 285 g/mol. The van der Waals surface area contributed by atoms with Crippen molar-refractivity contribution < 1.29 is 19.0 Å². The maximum absolute atomic E-state index is 11.6. The molecule has 0 fully saturated rings. The van der Waals surface area contributed by atoms with Gasteiger partial charge in [-0.05, 0) is 12.5 Å². The zero-order chi connectivity index (χ0) is 14.5. The second kappa shape index (κ2) is 7.01. The Morgan fingerprint density at radius 1 is 1.55 bits per heavy atom. The Balaban J connectivity index is 1.89. The lowest BCUT2D eigenvalue weighted by atomic mass is 10.2. The van der Waals surface area contributed by atoms with Gasteiger partial charge in [-0.3, -0.25) is 4.79 Å². The molecule has 9 heteroatoms. The fourth-order valence-electron chi connectivity index (χ4n) is 2.08. The van der Waals surface area contributed by atoms with E-state index < -0.39 is 8.60 Å². The summed E-state index contributed by atoms with van der Waals surface area (Å²) in [5.41, 5.74) is 1.30. The van der Waals surface area contributed by atoms with E-state index in [1.54, 1.807) is 13.3 Å². The van der Waals surface area contributed by atoms with Crippen molar-refractivity contribution in [2.45, 2.75) is 12.5 Å². The molecule has 1 aromatic rings. The lowest BCUT2D eigenvalue weighted by Gasteiger charge is -2.21. The number of ether oxygens (including phenoxy) is 1. The zero-order valence-corrected chi connectivity index (χ0v) is 12.0. The van der Waals surface area contributed by atoms with Crippen molar-refractivity contribution in [2.75, 3.05) is 37.1 Å². The molecule has 0 bridgehead atoms. The average Bonchev–Trinajstić information content (AvgIpc) is 2.83. The Morgan fingerprint density at radius 3 is 3.05 bits per heavy atom. The molecule has 1 atom stereocenters. The highest BCUT2D eigenvalue weighted by Gasteiger charge is 2.22. The average molecular weight is 303 g/mol. The van der Waals surface area contributed by atoms with Crippen LogP contribution in [0.2, 0.25) is 0 Å². The predicted octanol–water partition coefficient (Wildman–Crippen LogP) is 0.198. The van der Waals surface area contributed by atoms with Gasteiger partial charge in [0, 0.05) is 19.9 Å². The third-order valence-corrected chi connectivity index (χ3v) is 3.54. The maximum atomic E-state index is 11.6. The van der Waals surface area contributed by atoms with Gasteiger partial charge >= 0.3 is 8.60 Å². The summed E-state index contributed by atoms with van der Waals surface area (Å²) >= 11 is 0. The van der Waals surface area contributed by atoms with E-state index in [0.29, 0.717) is 25.3 Å². The highest BCUT2D eigenvalue weighted by Crippen LogP contribution is 2.28. The zero-order valence-electron chi connectivity index (χ0n) is 11.1. The first-order valence-electron chi connectivity index (χ1n) is 6.16. The van der Waals surface area contributed by atoms with Crippen LogP contribution in [0.5, 0.6) is 0 Å². The number of methoxy groups -OCH3 is 1.